The van der Waals surface area contributed by atoms with Crippen LogP contribution in [0.2, 0.25) is 0 Å². The van der Waals surface area contributed by atoms with E-state index in [0.717, 1.165) is 19.4 Å². The molecular weight excluding hydrogens is 302 g/mol. The van der Waals surface area contributed by atoms with E-state index in [1.807, 2.05) is 0 Å². The number of benzene rings is 1. The van der Waals surface area contributed by atoms with Gasteiger partial charge in [0.2, 0.25) is 0 Å². The van der Waals surface area contributed by atoms with E-state index < -0.39 is 9.84 Å². The Morgan fingerprint density at radius 3 is 2.38 bits per heavy atom. The van der Waals surface area contributed by atoms with Gasteiger partial charge in [-0.2, -0.15) is 0 Å². The highest BCUT2D eigenvalue weighted by Crippen LogP contribution is 2.22. The summed E-state index contributed by atoms with van der Waals surface area (Å²) in [5, 5.41) is 3.53. The number of sulfone groups is 1. The van der Waals surface area contributed by atoms with Crippen LogP contribution in [0.5, 0.6) is 0 Å². The lowest BCUT2D eigenvalue weighted by Gasteiger charge is -2.19. The zero-order valence-electron chi connectivity index (χ0n) is 13.3. The molecule has 0 aliphatic rings. The smallest absolute Gasteiger partial charge is 0.150 e. The Balaban J connectivity index is 2.66. The zero-order valence-corrected chi connectivity index (χ0v) is 14.9. The molecule has 1 aromatic carbocycles. The molecule has 1 unspecified atom stereocenters. The van der Waals surface area contributed by atoms with E-state index in [1.165, 1.54) is 10.5 Å². The van der Waals surface area contributed by atoms with Crippen molar-refractivity contribution < 1.29 is 8.42 Å². The van der Waals surface area contributed by atoms with Gasteiger partial charge in [-0.05, 0) is 49.8 Å². The van der Waals surface area contributed by atoms with Gasteiger partial charge in [-0.15, -0.1) is 11.8 Å². The lowest BCUT2D eigenvalue weighted by molar-refractivity contribution is 0.492. The van der Waals surface area contributed by atoms with Crippen molar-refractivity contribution in [1.82, 2.24) is 5.32 Å². The van der Waals surface area contributed by atoms with Crippen LogP contribution in [0, 0.1) is 0 Å². The maximum atomic E-state index is 11.6. The highest BCUT2D eigenvalue weighted by atomic mass is 32.2. The van der Waals surface area contributed by atoms with Crippen LogP contribution in [0.3, 0.4) is 0 Å². The molecule has 1 N–H and O–H groups in total. The molecule has 0 spiro atoms. The SMILES string of the molecule is CCCNC(CCCS(=O)(=O)CC)c1ccc(SC)cc1. The standard InChI is InChI=1S/C16H27NO2S2/c1-4-12-17-16(7-6-13-21(18,19)5-2)14-8-10-15(20-3)11-9-14/h8-11,16-17H,4-7,12-13H2,1-3H3. The Morgan fingerprint density at radius 2 is 1.86 bits per heavy atom. The lowest BCUT2D eigenvalue weighted by atomic mass is 10.0. The third-order valence-corrected chi connectivity index (χ3v) is 6.08. The van der Waals surface area contributed by atoms with Crippen LogP contribution >= 0.6 is 11.8 Å². The second kappa shape index (κ2) is 9.49. The predicted octanol–water partition coefficient (Wildman–Crippen LogP) is 3.66. The van der Waals surface area contributed by atoms with E-state index in [4.69, 9.17) is 0 Å². The van der Waals surface area contributed by atoms with Crippen LogP contribution in [0.25, 0.3) is 0 Å². The van der Waals surface area contributed by atoms with Crippen molar-refractivity contribution >= 4 is 21.6 Å². The molecule has 0 heterocycles. The Labute approximate surface area is 133 Å². The van der Waals surface area contributed by atoms with Crippen molar-refractivity contribution in [2.24, 2.45) is 0 Å². The van der Waals surface area contributed by atoms with Gasteiger partial charge in [-0.25, -0.2) is 8.42 Å². The highest BCUT2D eigenvalue weighted by molar-refractivity contribution is 7.98. The van der Waals surface area contributed by atoms with Gasteiger partial charge in [0.05, 0.1) is 5.75 Å². The molecule has 3 nitrogen and oxygen atoms in total. The summed E-state index contributed by atoms with van der Waals surface area (Å²) in [6.45, 7) is 4.81. The average molecular weight is 330 g/mol. The Kier molecular flexibility index (Phi) is 8.37. The fraction of sp³-hybridized carbons (Fsp3) is 0.625. The highest BCUT2D eigenvalue weighted by Gasteiger charge is 2.13. The Morgan fingerprint density at radius 1 is 1.19 bits per heavy atom. The molecule has 0 radical (unpaired) electrons. The minimum Gasteiger partial charge on any atom is -0.310 e. The molecule has 1 rings (SSSR count). The first kappa shape index (κ1) is 18.5. The number of nitrogens with one attached hydrogen (secondary N) is 1. The first-order valence-corrected chi connectivity index (χ1v) is 10.6. The van der Waals surface area contributed by atoms with Crippen LogP contribution in [0.4, 0.5) is 0 Å². The van der Waals surface area contributed by atoms with Crippen LogP contribution in [-0.4, -0.2) is 32.7 Å². The second-order valence-electron chi connectivity index (χ2n) is 5.16. The van der Waals surface area contributed by atoms with Gasteiger partial charge in [0, 0.05) is 16.7 Å². The fourth-order valence-corrected chi connectivity index (χ4v) is 3.50. The van der Waals surface area contributed by atoms with Crippen molar-refractivity contribution in [3.05, 3.63) is 29.8 Å². The first-order valence-electron chi connectivity index (χ1n) is 7.60. The lowest BCUT2D eigenvalue weighted by Crippen LogP contribution is -2.23. The van der Waals surface area contributed by atoms with Gasteiger partial charge in [-0.1, -0.05) is 26.0 Å². The number of thioether (sulfide) groups is 1. The third kappa shape index (κ3) is 6.85. The summed E-state index contributed by atoms with van der Waals surface area (Å²) in [6, 6.07) is 8.79. The predicted molar refractivity (Wildman–Crippen MR) is 92.8 cm³/mol. The monoisotopic (exact) mass is 329 g/mol. The van der Waals surface area contributed by atoms with E-state index in [-0.39, 0.29) is 17.5 Å². The molecule has 0 aromatic heterocycles. The summed E-state index contributed by atoms with van der Waals surface area (Å²) in [5.41, 5.74) is 1.25. The second-order valence-corrected chi connectivity index (χ2v) is 8.51. The molecule has 5 heteroatoms. The summed E-state index contributed by atoms with van der Waals surface area (Å²) >= 11 is 1.73. The molecule has 0 amide bonds. The van der Waals surface area contributed by atoms with Gasteiger partial charge in [0.15, 0.2) is 0 Å². The van der Waals surface area contributed by atoms with Crippen LogP contribution in [-0.2, 0) is 9.84 Å². The molecule has 0 aliphatic heterocycles. The van der Waals surface area contributed by atoms with Crippen molar-refractivity contribution in [1.29, 1.82) is 0 Å². The Bertz CT molecular complexity index is 498. The van der Waals surface area contributed by atoms with Crippen LogP contribution in [0.1, 0.15) is 44.7 Å². The van der Waals surface area contributed by atoms with E-state index in [1.54, 1.807) is 18.7 Å². The van der Waals surface area contributed by atoms with Gasteiger partial charge >= 0.3 is 0 Å². The number of hydrogen-bond acceptors (Lipinski definition) is 4. The van der Waals surface area contributed by atoms with Gasteiger partial charge in [0.1, 0.15) is 9.84 Å². The molecule has 1 aromatic rings. The van der Waals surface area contributed by atoms with E-state index in [9.17, 15) is 8.42 Å². The van der Waals surface area contributed by atoms with Crippen molar-refractivity contribution in [3.63, 3.8) is 0 Å². The normalized spacial score (nSPS) is 13.3. The van der Waals surface area contributed by atoms with Crippen LogP contribution in [0.15, 0.2) is 29.2 Å². The molecule has 0 fully saturated rings. The molecule has 1 atom stereocenters. The van der Waals surface area contributed by atoms with Gasteiger partial charge in [-0.3, -0.25) is 0 Å². The minimum absolute atomic E-state index is 0.239. The molecule has 21 heavy (non-hydrogen) atoms. The minimum atomic E-state index is -2.86. The quantitative estimate of drug-likeness (QED) is 0.665. The fourth-order valence-electron chi connectivity index (χ4n) is 2.19. The van der Waals surface area contributed by atoms with Crippen molar-refractivity contribution in [2.45, 2.75) is 44.0 Å². The van der Waals surface area contributed by atoms with Gasteiger partial charge in [0.25, 0.3) is 0 Å². The van der Waals surface area contributed by atoms with E-state index in [2.05, 4.69) is 42.8 Å². The first-order chi connectivity index (χ1) is 10.0. The summed E-state index contributed by atoms with van der Waals surface area (Å²) in [7, 11) is -2.86. The zero-order chi connectivity index (χ0) is 15.7. The van der Waals surface area contributed by atoms with Crippen LogP contribution < -0.4 is 5.32 Å². The molecular formula is C16H27NO2S2. The summed E-state index contributed by atoms with van der Waals surface area (Å²) in [6.07, 6.45) is 4.71. The Hall–Kier alpha value is -0.520. The third-order valence-electron chi connectivity index (χ3n) is 3.55. The summed E-state index contributed by atoms with van der Waals surface area (Å²) < 4.78 is 23.2. The summed E-state index contributed by atoms with van der Waals surface area (Å²) in [5.74, 6) is 0.527. The van der Waals surface area contributed by atoms with E-state index >= 15 is 0 Å². The van der Waals surface area contributed by atoms with Crippen molar-refractivity contribution in [3.8, 4) is 0 Å². The summed E-state index contributed by atoms with van der Waals surface area (Å²) in [4.78, 5) is 1.25. The molecule has 120 valence electrons. The van der Waals surface area contributed by atoms with Crippen molar-refractivity contribution in [2.75, 3.05) is 24.3 Å². The molecule has 0 bridgehead atoms. The number of rotatable bonds is 10. The van der Waals surface area contributed by atoms with Gasteiger partial charge < -0.3 is 5.32 Å². The van der Waals surface area contributed by atoms with E-state index in [0.29, 0.717) is 6.42 Å². The average Bonchev–Trinajstić information content (AvgIpc) is 2.50. The largest absolute Gasteiger partial charge is 0.310 e. The maximum absolute atomic E-state index is 11.6. The molecule has 0 aliphatic carbocycles. The molecule has 0 saturated heterocycles. The maximum Gasteiger partial charge on any atom is 0.150 e. The number of hydrogen-bond donors (Lipinski definition) is 1. The topological polar surface area (TPSA) is 46.2 Å². The molecule has 0 saturated carbocycles.